The topological polar surface area (TPSA) is 135 Å². The van der Waals surface area contributed by atoms with Crippen molar-refractivity contribution in [1.82, 2.24) is 39.0 Å². The Morgan fingerprint density at radius 2 is 1.79 bits per heavy atom. The predicted molar refractivity (Wildman–Crippen MR) is 159 cm³/mol. The second-order valence-corrected chi connectivity index (χ2v) is 11.5. The number of hydrogen-bond donors (Lipinski definition) is 1. The normalized spacial score (nSPS) is 14.4. The lowest BCUT2D eigenvalue weighted by molar-refractivity contribution is -0.133. The second-order valence-electron chi connectivity index (χ2n) is 11.5. The van der Waals surface area contributed by atoms with Gasteiger partial charge in [0.2, 0.25) is 17.6 Å². The van der Waals surface area contributed by atoms with Crippen molar-refractivity contribution >= 4 is 17.1 Å². The first-order chi connectivity index (χ1) is 20.2. The molecule has 1 aromatic carbocycles. The lowest BCUT2D eigenvalue weighted by Gasteiger charge is -2.34. The number of piperazine rings is 1. The van der Waals surface area contributed by atoms with E-state index in [1.165, 1.54) is 5.56 Å². The van der Waals surface area contributed by atoms with Crippen LogP contribution in [0.4, 0.5) is 0 Å². The van der Waals surface area contributed by atoms with Gasteiger partial charge in [-0.15, -0.1) is 0 Å². The van der Waals surface area contributed by atoms with Crippen LogP contribution in [-0.2, 0) is 30.8 Å². The number of nitrogens with zero attached hydrogens (tertiary/aromatic N) is 7. The average molecular weight is 577 g/mol. The number of fused-ring (bicyclic) bond motifs is 1. The molecule has 0 radical (unpaired) electrons. The highest BCUT2D eigenvalue weighted by molar-refractivity contribution is 5.77. The summed E-state index contributed by atoms with van der Waals surface area (Å²) < 4.78 is 8.93. The van der Waals surface area contributed by atoms with Crippen LogP contribution in [0, 0.1) is 12.8 Å². The quantitative estimate of drug-likeness (QED) is 0.288. The summed E-state index contributed by atoms with van der Waals surface area (Å²) in [6.45, 7) is 12.5. The fraction of sp³-hybridized carbons (Fsp3) is 0.533. The Kier molecular flexibility index (Phi) is 9.00. The Morgan fingerprint density at radius 1 is 1.05 bits per heavy atom. The van der Waals surface area contributed by atoms with Crippen molar-refractivity contribution in [3.05, 3.63) is 62.4 Å². The molecule has 1 amide bonds. The number of aromatic amines is 1. The number of amides is 1. The van der Waals surface area contributed by atoms with E-state index in [4.69, 9.17) is 9.51 Å². The summed E-state index contributed by atoms with van der Waals surface area (Å²) in [7, 11) is 0. The Hall–Kier alpha value is -4.06. The average Bonchev–Trinajstić information content (AvgIpc) is 3.57. The van der Waals surface area contributed by atoms with Crippen LogP contribution in [0.5, 0.6) is 0 Å². The molecule has 5 rings (SSSR count). The predicted octanol–water partition coefficient (Wildman–Crippen LogP) is 2.98. The number of rotatable bonds is 11. The molecule has 0 saturated carbocycles. The standard InChI is InChI=1S/C30H40N8O4/c1-5-6-13-37-28-26(29(40)33-30(37)41)38(18-20(2)3)23(31-28)11-12-25(39)36-16-14-35(15-17-36)19-24-32-27(34-42-24)22-9-7-21(4)8-10-22/h7-10,20H,5-6,11-19H2,1-4H3,(H,33,40,41). The van der Waals surface area contributed by atoms with Crippen LogP contribution < -0.4 is 11.2 Å². The molecular formula is C30H40N8O4. The van der Waals surface area contributed by atoms with Crippen molar-refractivity contribution < 1.29 is 9.32 Å². The van der Waals surface area contributed by atoms with Crippen molar-refractivity contribution in [3.63, 3.8) is 0 Å². The fourth-order valence-corrected chi connectivity index (χ4v) is 5.36. The van der Waals surface area contributed by atoms with Gasteiger partial charge in [-0.05, 0) is 19.3 Å². The van der Waals surface area contributed by atoms with Crippen LogP contribution in [0.2, 0.25) is 0 Å². The number of hydrogen-bond acceptors (Lipinski definition) is 8. The molecule has 224 valence electrons. The minimum Gasteiger partial charge on any atom is -0.340 e. The highest BCUT2D eigenvalue weighted by Crippen LogP contribution is 2.19. The van der Waals surface area contributed by atoms with E-state index in [-0.39, 0.29) is 18.2 Å². The van der Waals surface area contributed by atoms with E-state index in [0.717, 1.165) is 18.4 Å². The highest BCUT2D eigenvalue weighted by Gasteiger charge is 2.24. The van der Waals surface area contributed by atoms with Gasteiger partial charge in [-0.1, -0.05) is 62.2 Å². The van der Waals surface area contributed by atoms with E-state index in [2.05, 4.69) is 40.8 Å². The number of carbonyl (C=O) groups excluding carboxylic acids is 1. The first kappa shape index (κ1) is 29.4. The summed E-state index contributed by atoms with van der Waals surface area (Å²) in [4.78, 5) is 54.5. The maximum atomic E-state index is 13.2. The molecule has 1 fully saturated rings. The van der Waals surface area contributed by atoms with Crippen molar-refractivity contribution in [2.24, 2.45) is 5.92 Å². The molecular weight excluding hydrogens is 536 g/mol. The molecule has 1 aliphatic heterocycles. The van der Waals surface area contributed by atoms with Crippen LogP contribution in [0.25, 0.3) is 22.6 Å². The summed E-state index contributed by atoms with van der Waals surface area (Å²) in [5, 5.41) is 4.12. The monoisotopic (exact) mass is 576 g/mol. The van der Waals surface area contributed by atoms with E-state index in [1.54, 1.807) is 4.57 Å². The molecule has 12 heteroatoms. The zero-order valence-electron chi connectivity index (χ0n) is 24.9. The molecule has 1 aliphatic rings. The molecule has 12 nitrogen and oxygen atoms in total. The lowest BCUT2D eigenvalue weighted by Crippen LogP contribution is -2.48. The molecule has 4 heterocycles. The minimum atomic E-state index is -0.442. The summed E-state index contributed by atoms with van der Waals surface area (Å²) in [5.41, 5.74) is 2.02. The van der Waals surface area contributed by atoms with Gasteiger partial charge in [0.1, 0.15) is 5.82 Å². The molecule has 0 bridgehead atoms. The molecule has 1 N–H and O–H groups in total. The van der Waals surface area contributed by atoms with Crippen molar-refractivity contribution in [2.45, 2.75) is 73.0 Å². The van der Waals surface area contributed by atoms with Gasteiger partial charge < -0.3 is 14.0 Å². The Bertz CT molecular complexity index is 1640. The number of carbonyl (C=O) groups is 1. The van der Waals surface area contributed by atoms with Gasteiger partial charge in [0.15, 0.2) is 11.2 Å². The van der Waals surface area contributed by atoms with Gasteiger partial charge in [-0.25, -0.2) is 9.78 Å². The van der Waals surface area contributed by atoms with E-state index in [1.807, 2.05) is 40.7 Å². The molecule has 4 aromatic rings. The zero-order valence-corrected chi connectivity index (χ0v) is 24.9. The third kappa shape index (κ3) is 6.53. The third-order valence-corrected chi connectivity index (χ3v) is 7.67. The molecule has 0 spiro atoms. The number of aryl methyl sites for hydroxylation is 3. The maximum Gasteiger partial charge on any atom is 0.330 e. The SMILES string of the molecule is CCCCn1c(=O)[nH]c(=O)c2c1nc(CCC(=O)N1CCN(Cc3nc(-c4ccc(C)cc4)no3)CC1)n2CC(C)C. The number of unbranched alkanes of at least 4 members (excludes halogenated alkanes) is 1. The van der Waals surface area contributed by atoms with Gasteiger partial charge in [-0.2, -0.15) is 4.98 Å². The molecule has 1 saturated heterocycles. The Labute approximate surface area is 244 Å². The minimum absolute atomic E-state index is 0.0505. The van der Waals surface area contributed by atoms with E-state index < -0.39 is 11.2 Å². The third-order valence-electron chi connectivity index (χ3n) is 7.67. The summed E-state index contributed by atoms with van der Waals surface area (Å²) >= 11 is 0. The lowest BCUT2D eigenvalue weighted by atomic mass is 10.1. The van der Waals surface area contributed by atoms with E-state index in [0.29, 0.717) is 80.9 Å². The number of benzene rings is 1. The van der Waals surface area contributed by atoms with Crippen LogP contribution in [0.3, 0.4) is 0 Å². The highest BCUT2D eigenvalue weighted by atomic mass is 16.5. The molecule has 3 aromatic heterocycles. The van der Waals surface area contributed by atoms with Crippen LogP contribution in [0.1, 0.15) is 57.3 Å². The van der Waals surface area contributed by atoms with E-state index in [9.17, 15) is 14.4 Å². The second kappa shape index (κ2) is 12.8. The first-order valence-corrected chi connectivity index (χ1v) is 14.9. The first-order valence-electron chi connectivity index (χ1n) is 14.9. The van der Waals surface area contributed by atoms with Crippen molar-refractivity contribution in [3.8, 4) is 11.4 Å². The summed E-state index contributed by atoms with van der Waals surface area (Å²) in [6, 6.07) is 8.01. The smallest absolute Gasteiger partial charge is 0.330 e. The number of aromatic nitrogens is 6. The van der Waals surface area contributed by atoms with Gasteiger partial charge in [0.05, 0.1) is 6.54 Å². The zero-order chi connectivity index (χ0) is 29.8. The van der Waals surface area contributed by atoms with E-state index >= 15 is 0 Å². The molecule has 0 unspecified atom stereocenters. The van der Waals surface area contributed by atoms with Crippen LogP contribution >= 0.6 is 0 Å². The summed E-state index contributed by atoms with van der Waals surface area (Å²) in [6.07, 6.45) is 2.39. The molecule has 0 atom stereocenters. The Morgan fingerprint density at radius 3 is 2.48 bits per heavy atom. The number of imidazole rings is 1. The van der Waals surface area contributed by atoms with Crippen LogP contribution in [-0.4, -0.2) is 71.1 Å². The molecule has 0 aliphatic carbocycles. The maximum absolute atomic E-state index is 13.2. The molecule has 42 heavy (non-hydrogen) atoms. The fourth-order valence-electron chi connectivity index (χ4n) is 5.36. The van der Waals surface area contributed by atoms with Gasteiger partial charge in [0.25, 0.3) is 5.56 Å². The van der Waals surface area contributed by atoms with Gasteiger partial charge in [-0.3, -0.25) is 24.0 Å². The number of nitrogens with one attached hydrogen (secondary N) is 1. The Balaban J connectivity index is 1.21. The largest absolute Gasteiger partial charge is 0.340 e. The number of H-pyrrole nitrogens is 1. The van der Waals surface area contributed by atoms with Crippen molar-refractivity contribution in [1.29, 1.82) is 0 Å². The van der Waals surface area contributed by atoms with Gasteiger partial charge in [0, 0.05) is 57.7 Å². The van der Waals surface area contributed by atoms with Gasteiger partial charge >= 0.3 is 5.69 Å². The van der Waals surface area contributed by atoms with Crippen molar-refractivity contribution in [2.75, 3.05) is 26.2 Å². The van der Waals surface area contributed by atoms with Crippen LogP contribution in [0.15, 0.2) is 38.4 Å². The summed E-state index contributed by atoms with van der Waals surface area (Å²) in [5.74, 6) is 2.10.